The maximum Gasteiger partial charge on any atom is 0.303 e. The summed E-state index contributed by atoms with van der Waals surface area (Å²) in [5.74, 6) is 4.14. The van der Waals surface area contributed by atoms with Gasteiger partial charge in [-0.3, -0.25) is 4.79 Å². The summed E-state index contributed by atoms with van der Waals surface area (Å²) < 4.78 is 0. The van der Waals surface area contributed by atoms with Crippen molar-refractivity contribution in [2.45, 2.75) is 105 Å². The van der Waals surface area contributed by atoms with E-state index in [9.17, 15) is 15.0 Å². The summed E-state index contributed by atoms with van der Waals surface area (Å²) in [7, 11) is 0. The van der Waals surface area contributed by atoms with Crippen LogP contribution < -0.4 is 0 Å². The summed E-state index contributed by atoms with van der Waals surface area (Å²) >= 11 is 0. The highest BCUT2D eigenvalue weighted by atomic mass is 16.4. The fourth-order valence-electron chi connectivity index (χ4n) is 9.71. The van der Waals surface area contributed by atoms with Gasteiger partial charge < -0.3 is 10.2 Å². The molecule has 0 heterocycles. The van der Waals surface area contributed by atoms with Gasteiger partial charge >= 0.3 is 5.97 Å². The smallest absolute Gasteiger partial charge is 0.303 e. The molecular formula is C27H46O3. The fourth-order valence-corrected chi connectivity index (χ4v) is 9.71. The normalized spacial score (nSPS) is 51.5. The number of aliphatic hydroxyl groups excluding tert-OH is 1. The second-order valence-corrected chi connectivity index (χ2v) is 12.5. The van der Waals surface area contributed by atoms with Crippen molar-refractivity contribution in [3.63, 3.8) is 0 Å². The molecule has 2 N–H and O–H groups in total. The molecule has 0 aromatic heterocycles. The molecule has 0 spiro atoms. The Kier molecular flexibility index (Phi) is 6.10. The number of carboxylic acids is 1. The number of aliphatic hydroxyl groups is 1. The Labute approximate surface area is 184 Å². The number of hydrogen-bond acceptors (Lipinski definition) is 2. The van der Waals surface area contributed by atoms with Crippen molar-refractivity contribution in [1.82, 2.24) is 0 Å². The molecule has 11 atom stereocenters. The van der Waals surface area contributed by atoms with Gasteiger partial charge in [-0.25, -0.2) is 0 Å². The molecule has 0 aliphatic heterocycles. The van der Waals surface area contributed by atoms with Gasteiger partial charge in [-0.1, -0.05) is 47.5 Å². The van der Waals surface area contributed by atoms with E-state index in [0.29, 0.717) is 53.3 Å². The van der Waals surface area contributed by atoms with E-state index < -0.39 is 5.97 Å². The van der Waals surface area contributed by atoms with Crippen LogP contribution in [-0.2, 0) is 4.79 Å². The van der Waals surface area contributed by atoms with Crippen LogP contribution in [0, 0.1) is 58.2 Å². The van der Waals surface area contributed by atoms with Gasteiger partial charge in [0.1, 0.15) is 0 Å². The molecule has 4 aliphatic rings. The number of carboxylic acid groups (broad SMARTS) is 1. The predicted molar refractivity (Wildman–Crippen MR) is 121 cm³/mol. The Morgan fingerprint density at radius 3 is 2.37 bits per heavy atom. The zero-order chi connectivity index (χ0) is 21.8. The maximum atomic E-state index is 11.8. The quantitative estimate of drug-likeness (QED) is 0.544. The van der Waals surface area contributed by atoms with Crippen molar-refractivity contribution in [1.29, 1.82) is 0 Å². The Morgan fingerprint density at radius 2 is 1.70 bits per heavy atom. The van der Waals surface area contributed by atoms with Gasteiger partial charge in [0.25, 0.3) is 0 Å². The van der Waals surface area contributed by atoms with Crippen molar-refractivity contribution >= 4 is 5.97 Å². The van der Waals surface area contributed by atoms with Crippen LogP contribution >= 0.6 is 0 Å². The van der Waals surface area contributed by atoms with Crippen molar-refractivity contribution in [3.8, 4) is 0 Å². The minimum atomic E-state index is -0.663. The highest BCUT2D eigenvalue weighted by Gasteiger charge is 2.64. The lowest BCUT2D eigenvalue weighted by molar-refractivity contribution is -0.198. The van der Waals surface area contributed by atoms with E-state index in [1.807, 2.05) is 0 Å². The molecule has 0 radical (unpaired) electrons. The minimum absolute atomic E-state index is 0.138. The minimum Gasteiger partial charge on any atom is -0.481 e. The number of aliphatic carboxylic acids is 1. The number of rotatable bonds is 5. The van der Waals surface area contributed by atoms with E-state index in [1.54, 1.807) is 0 Å². The summed E-state index contributed by atoms with van der Waals surface area (Å²) in [4.78, 5) is 11.1. The van der Waals surface area contributed by atoms with Crippen LogP contribution in [0.5, 0.6) is 0 Å². The Balaban J connectivity index is 1.61. The van der Waals surface area contributed by atoms with Crippen LogP contribution in [-0.4, -0.2) is 22.3 Å². The number of fused-ring (bicyclic) bond motifs is 5. The topological polar surface area (TPSA) is 57.5 Å². The largest absolute Gasteiger partial charge is 0.481 e. The Bertz CT molecular complexity index is 646. The van der Waals surface area contributed by atoms with Crippen LogP contribution in [0.1, 0.15) is 98.8 Å². The van der Waals surface area contributed by atoms with Crippen LogP contribution in [0.4, 0.5) is 0 Å². The van der Waals surface area contributed by atoms with Crippen LogP contribution in [0.3, 0.4) is 0 Å². The van der Waals surface area contributed by atoms with E-state index in [4.69, 9.17) is 0 Å². The van der Waals surface area contributed by atoms with Crippen LogP contribution in [0.25, 0.3) is 0 Å². The third kappa shape index (κ3) is 3.37. The first kappa shape index (κ1) is 22.6. The molecule has 4 saturated carbocycles. The summed E-state index contributed by atoms with van der Waals surface area (Å²) in [6.45, 7) is 12.1. The van der Waals surface area contributed by atoms with Gasteiger partial charge in [0, 0.05) is 6.42 Å². The summed E-state index contributed by atoms with van der Waals surface area (Å²) in [6.07, 6.45) is 11.1. The number of carbonyl (C=O) groups is 1. The maximum absolute atomic E-state index is 11.8. The SMILES string of the molecule is CC[C@H]1C(O)C2C3CC[C@H]([C@H](C)CCC(=O)O)[C@@]3(C)CCC2[C@@]2(C)CC[C@@H](C)C[C@@H]12. The predicted octanol–water partition coefficient (Wildman–Crippen LogP) is 6.39. The molecule has 0 amide bonds. The van der Waals surface area contributed by atoms with E-state index in [0.717, 1.165) is 18.8 Å². The van der Waals surface area contributed by atoms with E-state index in [2.05, 4.69) is 34.6 Å². The molecule has 0 aromatic carbocycles. The molecule has 4 fully saturated rings. The summed E-state index contributed by atoms with van der Waals surface area (Å²) in [6, 6.07) is 0. The molecule has 172 valence electrons. The molecule has 4 unspecified atom stereocenters. The highest BCUT2D eigenvalue weighted by Crippen LogP contribution is 2.69. The molecule has 30 heavy (non-hydrogen) atoms. The average Bonchev–Trinajstić information content (AvgIpc) is 3.05. The van der Waals surface area contributed by atoms with Gasteiger partial charge in [0.15, 0.2) is 0 Å². The first-order valence-corrected chi connectivity index (χ1v) is 13.0. The van der Waals surface area contributed by atoms with Crippen LogP contribution in [0.2, 0.25) is 0 Å². The molecular weight excluding hydrogens is 372 g/mol. The first-order chi connectivity index (χ1) is 14.1. The van der Waals surface area contributed by atoms with Crippen molar-refractivity contribution in [2.24, 2.45) is 58.2 Å². The van der Waals surface area contributed by atoms with Crippen molar-refractivity contribution in [3.05, 3.63) is 0 Å². The summed E-state index contributed by atoms with van der Waals surface area (Å²) in [5.41, 5.74) is 0.689. The first-order valence-electron chi connectivity index (χ1n) is 13.0. The molecule has 0 bridgehead atoms. The van der Waals surface area contributed by atoms with Gasteiger partial charge in [0.05, 0.1) is 6.10 Å². The second-order valence-electron chi connectivity index (χ2n) is 12.5. The monoisotopic (exact) mass is 418 g/mol. The lowest BCUT2D eigenvalue weighted by Crippen LogP contribution is -2.61. The lowest BCUT2D eigenvalue weighted by atomic mass is 9.41. The zero-order valence-electron chi connectivity index (χ0n) is 20.1. The van der Waals surface area contributed by atoms with Crippen LogP contribution in [0.15, 0.2) is 0 Å². The number of hydrogen-bond donors (Lipinski definition) is 2. The molecule has 0 saturated heterocycles. The Morgan fingerprint density at radius 1 is 1.03 bits per heavy atom. The third-order valence-electron chi connectivity index (χ3n) is 11.3. The summed E-state index contributed by atoms with van der Waals surface area (Å²) in [5, 5.41) is 21.0. The van der Waals surface area contributed by atoms with E-state index in [-0.39, 0.29) is 11.5 Å². The second kappa shape index (κ2) is 8.09. The zero-order valence-corrected chi connectivity index (χ0v) is 20.1. The van der Waals surface area contributed by atoms with Gasteiger partial charge in [0.2, 0.25) is 0 Å². The molecule has 3 nitrogen and oxygen atoms in total. The highest BCUT2D eigenvalue weighted by molar-refractivity contribution is 5.66. The third-order valence-corrected chi connectivity index (χ3v) is 11.3. The average molecular weight is 419 g/mol. The Hall–Kier alpha value is -0.570. The van der Waals surface area contributed by atoms with E-state index >= 15 is 0 Å². The van der Waals surface area contributed by atoms with E-state index in [1.165, 1.54) is 44.9 Å². The molecule has 0 aromatic rings. The van der Waals surface area contributed by atoms with Crippen molar-refractivity contribution in [2.75, 3.05) is 0 Å². The van der Waals surface area contributed by atoms with Crippen molar-refractivity contribution < 1.29 is 15.0 Å². The fraction of sp³-hybridized carbons (Fsp3) is 0.963. The van der Waals surface area contributed by atoms with Gasteiger partial charge in [-0.05, 0) is 103 Å². The van der Waals surface area contributed by atoms with Gasteiger partial charge in [-0.15, -0.1) is 0 Å². The molecule has 4 aliphatic carbocycles. The molecule has 4 rings (SSSR count). The molecule has 3 heteroatoms. The standard InChI is InChI=1S/C27H46O3/c1-6-18-22-15-16(2)11-13-27(22,5)21-12-14-26(4)19(17(3)7-10-23(28)29)8-9-20(26)24(21)25(18)30/h16-22,24-25,30H,6-15H2,1-5H3,(H,28,29)/t16-,17-,18-,19-,20?,21?,22+,24?,25?,26-,27-/m1/s1. The lowest BCUT2D eigenvalue weighted by Gasteiger charge is -2.65. The van der Waals surface area contributed by atoms with Gasteiger partial charge in [-0.2, -0.15) is 0 Å².